The smallest absolute Gasteiger partial charge is 0.374 e. The fourth-order valence-electron chi connectivity index (χ4n) is 1.93. The van der Waals surface area contributed by atoms with E-state index in [-0.39, 0.29) is 0 Å². The van der Waals surface area contributed by atoms with Crippen molar-refractivity contribution in [2.24, 2.45) is 4.52 Å². The van der Waals surface area contributed by atoms with Crippen molar-refractivity contribution >= 4 is 20.8 Å². The fraction of sp³-hybridized carbons (Fsp3) is 1.00. The third-order valence-electron chi connectivity index (χ3n) is 2.66. The lowest BCUT2D eigenvalue weighted by molar-refractivity contribution is 0.0706. The zero-order chi connectivity index (χ0) is 15.1. The van der Waals surface area contributed by atoms with Crippen molar-refractivity contribution in [3.05, 3.63) is 10.4 Å². The second kappa shape index (κ2) is 13.7. The van der Waals surface area contributed by atoms with Crippen LogP contribution in [0.2, 0.25) is 6.04 Å². The van der Waals surface area contributed by atoms with Gasteiger partial charge in [-0.2, -0.15) is 0 Å². The highest BCUT2D eigenvalue weighted by molar-refractivity contribution is 7.97. The maximum atomic E-state index is 8.15. The van der Waals surface area contributed by atoms with Crippen LogP contribution in [0.15, 0.2) is 4.52 Å². The summed E-state index contributed by atoms with van der Waals surface area (Å²) in [5.41, 5.74) is 8.15. The van der Waals surface area contributed by atoms with Crippen molar-refractivity contribution in [1.29, 1.82) is 0 Å². The van der Waals surface area contributed by atoms with Gasteiger partial charge in [-0.25, -0.2) is 0 Å². The molecule has 0 rings (SSSR count). The van der Waals surface area contributed by atoms with Gasteiger partial charge in [-0.15, -0.1) is 0 Å². The summed E-state index contributed by atoms with van der Waals surface area (Å²) in [5.74, 6) is 0.884. The van der Waals surface area contributed by atoms with Crippen LogP contribution in [0.4, 0.5) is 0 Å². The summed E-state index contributed by atoms with van der Waals surface area (Å²) in [6.45, 7) is 7.84. The van der Waals surface area contributed by atoms with Gasteiger partial charge in [-0.3, -0.25) is 0 Å². The third kappa shape index (κ3) is 9.63. The molecule has 0 spiro atoms. The molecule has 0 bridgehead atoms. The van der Waals surface area contributed by atoms with Gasteiger partial charge in [0.1, 0.15) is 0 Å². The second-order valence-corrected chi connectivity index (χ2v) is 7.71. The Balaban J connectivity index is 3.90. The van der Waals surface area contributed by atoms with E-state index in [0.29, 0.717) is 19.8 Å². The van der Waals surface area contributed by atoms with Crippen LogP contribution in [0.3, 0.4) is 0 Å². The number of unbranched alkanes of at least 4 members (excludes halogenated alkanes) is 3. The predicted octanol–water partition coefficient (Wildman–Crippen LogP) is 4.55. The van der Waals surface area contributed by atoms with E-state index in [1.807, 2.05) is 20.8 Å². The SMILES string of the molecule is CCO[Si](CCCCCCSN=[N+]=[N-])(OCC)OCC. The van der Waals surface area contributed by atoms with Crippen LogP contribution in [0, 0.1) is 0 Å². The molecule has 0 aliphatic heterocycles. The Kier molecular flexibility index (Phi) is 13.6. The van der Waals surface area contributed by atoms with Gasteiger partial charge in [0.05, 0.1) is 0 Å². The predicted molar refractivity (Wildman–Crippen MR) is 85.5 cm³/mol. The van der Waals surface area contributed by atoms with Gasteiger partial charge in [-0.05, 0) is 43.7 Å². The molecular weight excluding hydrogens is 294 g/mol. The van der Waals surface area contributed by atoms with Crippen molar-refractivity contribution in [3.63, 3.8) is 0 Å². The van der Waals surface area contributed by atoms with Crippen LogP contribution in [0.25, 0.3) is 10.4 Å². The summed E-state index contributed by atoms with van der Waals surface area (Å²) in [6, 6.07) is 0.881. The van der Waals surface area contributed by atoms with Gasteiger partial charge < -0.3 is 13.3 Å². The Morgan fingerprint density at radius 3 is 2.00 bits per heavy atom. The quantitative estimate of drug-likeness (QED) is 0.117. The average molecular weight is 322 g/mol. The van der Waals surface area contributed by atoms with Crippen LogP contribution in [-0.2, 0) is 13.3 Å². The molecule has 6 nitrogen and oxygen atoms in total. The van der Waals surface area contributed by atoms with Gasteiger partial charge in [0.25, 0.3) is 0 Å². The highest BCUT2D eigenvalue weighted by atomic mass is 32.2. The van der Waals surface area contributed by atoms with E-state index in [0.717, 1.165) is 37.5 Å². The molecule has 0 radical (unpaired) electrons. The number of nitrogens with zero attached hydrogens (tertiary/aromatic N) is 3. The molecule has 0 fully saturated rings. The van der Waals surface area contributed by atoms with E-state index in [1.54, 1.807) is 0 Å². The van der Waals surface area contributed by atoms with Crippen molar-refractivity contribution in [1.82, 2.24) is 0 Å². The summed E-state index contributed by atoms with van der Waals surface area (Å²) in [7, 11) is -2.45. The van der Waals surface area contributed by atoms with Crippen LogP contribution in [0.5, 0.6) is 0 Å². The van der Waals surface area contributed by atoms with Crippen molar-refractivity contribution in [3.8, 4) is 0 Å². The molecule has 0 amide bonds. The minimum atomic E-state index is -2.45. The lowest BCUT2D eigenvalue weighted by atomic mass is 10.2. The molecule has 0 aliphatic rings. The molecule has 0 atom stereocenters. The molecule has 8 heteroatoms. The molecule has 20 heavy (non-hydrogen) atoms. The number of rotatable bonds is 14. The van der Waals surface area contributed by atoms with Crippen LogP contribution >= 0.6 is 11.9 Å². The second-order valence-electron chi connectivity index (χ2n) is 4.15. The van der Waals surface area contributed by atoms with E-state index in [1.165, 1.54) is 11.9 Å². The van der Waals surface area contributed by atoms with E-state index in [4.69, 9.17) is 18.8 Å². The first-order valence-corrected chi connectivity index (χ1v) is 10.2. The molecule has 0 aromatic rings. The Labute approximate surface area is 127 Å². The highest BCUT2D eigenvalue weighted by Crippen LogP contribution is 2.20. The Hall–Kier alpha value is -0.243. The minimum Gasteiger partial charge on any atom is -0.374 e. The van der Waals surface area contributed by atoms with Gasteiger partial charge in [0.2, 0.25) is 0 Å². The summed E-state index contributed by atoms with van der Waals surface area (Å²) in [4.78, 5) is 2.71. The van der Waals surface area contributed by atoms with Gasteiger partial charge >= 0.3 is 8.80 Å². The molecule has 0 saturated carbocycles. The number of hydrogen-bond acceptors (Lipinski definition) is 5. The minimum absolute atomic E-state index is 0.634. The lowest BCUT2D eigenvalue weighted by Gasteiger charge is -2.28. The van der Waals surface area contributed by atoms with Crippen molar-refractivity contribution in [2.75, 3.05) is 25.6 Å². The van der Waals surface area contributed by atoms with E-state index >= 15 is 0 Å². The van der Waals surface area contributed by atoms with Crippen molar-refractivity contribution < 1.29 is 13.3 Å². The number of hydrogen-bond donors (Lipinski definition) is 0. The normalized spacial score (nSPS) is 11.3. The molecule has 0 N–H and O–H groups in total. The van der Waals surface area contributed by atoms with Gasteiger partial charge in [0, 0.05) is 36.5 Å². The largest absolute Gasteiger partial charge is 0.500 e. The van der Waals surface area contributed by atoms with Crippen LogP contribution in [0.1, 0.15) is 46.5 Å². The summed E-state index contributed by atoms with van der Waals surface area (Å²) in [6.07, 6.45) is 4.37. The standard InChI is InChI=1S/C12H27N3O3SSi/c1-4-16-20(17-5-2,18-6-3)12-10-8-7-9-11-19-15-14-13/h4-12H2,1-3H3. The fourth-order valence-corrected chi connectivity index (χ4v) is 5.08. The highest BCUT2D eigenvalue weighted by Gasteiger charge is 2.39. The summed E-state index contributed by atoms with van der Waals surface area (Å²) >= 11 is 1.28. The topological polar surface area (TPSA) is 76.5 Å². The van der Waals surface area contributed by atoms with Gasteiger partial charge in [0.15, 0.2) is 0 Å². The third-order valence-corrected chi connectivity index (χ3v) is 6.47. The van der Waals surface area contributed by atoms with Crippen LogP contribution < -0.4 is 0 Å². The summed E-state index contributed by atoms with van der Waals surface area (Å²) < 4.78 is 20.9. The van der Waals surface area contributed by atoms with Gasteiger partial charge in [-0.1, -0.05) is 24.8 Å². The summed E-state index contributed by atoms with van der Waals surface area (Å²) in [5, 5.41) is 0. The molecule has 0 aromatic heterocycles. The van der Waals surface area contributed by atoms with Crippen LogP contribution in [-0.4, -0.2) is 34.4 Å². The van der Waals surface area contributed by atoms with E-state index < -0.39 is 8.80 Å². The first-order chi connectivity index (χ1) is 9.74. The molecule has 0 aromatic carbocycles. The maximum Gasteiger partial charge on any atom is 0.500 e. The Morgan fingerprint density at radius 1 is 0.950 bits per heavy atom. The maximum absolute atomic E-state index is 8.15. The first kappa shape index (κ1) is 19.8. The molecule has 118 valence electrons. The molecule has 0 heterocycles. The zero-order valence-corrected chi connectivity index (χ0v) is 14.7. The Morgan fingerprint density at radius 2 is 1.50 bits per heavy atom. The van der Waals surface area contributed by atoms with E-state index in [9.17, 15) is 0 Å². The molecular formula is C12H27N3O3SSi. The first-order valence-electron chi connectivity index (χ1n) is 7.32. The molecule has 0 aliphatic carbocycles. The zero-order valence-electron chi connectivity index (χ0n) is 12.8. The van der Waals surface area contributed by atoms with E-state index in [2.05, 4.69) is 9.43 Å². The number of azide groups is 1. The van der Waals surface area contributed by atoms with Crippen molar-refractivity contribution in [2.45, 2.75) is 52.5 Å². The lowest BCUT2D eigenvalue weighted by Crippen LogP contribution is -2.45. The monoisotopic (exact) mass is 321 g/mol. The molecule has 0 saturated heterocycles. The average Bonchev–Trinajstić information content (AvgIpc) is 2.43. The Bertz CT molecular complexity index is 262. The molecule has 0 unspecified atom stereocenters.